The van der Waals surface area contributed by atoms with E-state index in [1.165, 1.54) is 11.8 Å². The van der Waals surface area contributed by atoms with Crippen molar-refractivity contribution in [2.24, 2.45) is 0 Å². The summed E-state index contributed by atoms with van der Waals surface area (Å²) in [6.45, 7) is 5.42. The second-order valence-electron chi connectivity index (χ2n) is 4.07. The maximum atomic E-state index is 11.2. The van der Waals surface area contributed by atoms with Gasteiger partial charge in [0.05, 0.1) is 18.8 Å². The Labute approximate surface area is 82.6 Å². The second kappa shape index (κ2) is 3.57. The van der Waals surface area contributed by atoms with Crippen LogP contribution in [-0.2, 0) is 14.3 Å². The van der Waals surface area contributed by atoms with E-state index in [2.05, 4.69) is 0 Å². The van der Waals surface area contributed by atoms with Crippen LogP contribution in [0, 0.1) is 0 Å². The molecule has 1 rings (SSSR count). The smallest absolute Gasteiger partial charge is 0.328 e. The van der Waals surface area contributed by atoms with Gasteiger partial charge in [-0.3, -0.25) is 4.79 Å². The van der Waals surface area contributed by atoms with Crippen molar-refractivity contribution < 1.29 is 19.4 Å². The van der Waals surface area contributed by atoms with Gasteiger partial charge >= 0.3 is 5.97 Å². The van der Waals surface area contributed by atoms with Gasteiger partial charge in [-0.25, -0.2) is 4.79 Å². The van der Waals surface area contributed by atoms with Gasteiger partial charge in [0.1, 0.15) is 0 Å². The summed E-state index contributed by atoms with van der Waals surface area (Å²) in [6, 6.07) is -0.847. The number of carbonyl (C=O) groups is 2. The molecule has 0 bridgehead atoms. The predicted octanol–water partition coefficient (Wildman–Crippen LogP) is 0.0969. The van der Waals surface area contributed by atoms with Crippen LogP contribution in [0.1, 0.15) is 20.8 Å². The topological polar surface area (TPSA) is 66.8 Å². The molecule has 5 nitrogen and oxygen atoms in total. The first-order valence-corrected chi connectivity index (χ1v) is 4.47. The molecular formula is C9H15NO4. The number of amides is 1. The summed E-state index contributed by atoms with van der Waals surface area (Å²) in [5.74, 6) is -1.25. The zero-order chi connectivity index (χ0) is 10.9. The average molecular weight is 201 g/mol. The highest BCUT2D eigenvalue weighted by Crippen LogP contribution is 2.20. The molecule has 1 aliphatic heterocycles. The molecule has 1 N–H and O–H groups in total. The van der Waals surface area contributed by atoms with E-state index in [4.69, 9.17) is 9.84 Å². The molecule has 1 unspecified atom stereocenters. The average Bonchev–Trinajstić information content (AvgIpc) is 2.01. The van der Waals surface area contributed by atoms with Gasteiger partial charge in [-0.05, 0) is 13.8 Å². The molecule has 1 saturated heterocycles. The Hall–Kier alpha value is -1.10. The second-order valence-corrected chi connectivity index (χ2v) is 4.07. The van der Waals surface area contributed by atoms with E-state index in [0.717, 1.165) is 0 Å². The largest absolute Gasteiger partial charge is 0.480 e. The standard InChI is InChI=1S/C9H15NO4/c1-6(11)10-5-9(2,3)14-4-7(10)8(12)13/h7H,4-5H2,1-3H3,(H,12,13). The number of aliphatic carboxylic acids is 1. The lowest BCUT2D eigenvalue weighted by Gasteiger charge is -2.41. The van der Waals surface area contributed by atoms with Gasteiger partial charge in [0.2, 0.25) is 5.91 Å². The van der Waals surface area contributed by atoms with Crippen molar-refractivity contribution in [1.82, 2.24) is 4.90 Å². The van der Waals surface area contributed by atoms with Crippen molar-refractivity contribution in [3.8, 4) is 0 Å². The van der Waals surface area contributed by atoms with E-state index in [9.17, 15) is 9.59 Å². The molecule has 1 aliphatic rings. The van der Waals surface area contributed by atoms with Crippen LogP contribution in [0.2, 0.25) is 0 Å². The molecule has 0 aromatic rings. The summed E-state index contributed by atoms with van der Waals surface area (Å²) in [4.78, 5) is 23.4. The number of carboxylic acid groups (broad SMARTS) is 1. The third-order valence-corrected chi connectivity index (χ3v) is 2.25. The first kappa shape index (κ1) is 11.0. The Bertz CT molecular complexity index is 262. The number of hydrogen-bond donors (Lipinski definition) is 1. The molecule has 0 aromatic heterocycles. The lowest BCUT2D eigenvalue weighted by atomic mass is 10.0. The Morgan fingerprint density at radius 2 is 2.07 bits per heavy atom. The molecule has 1 fully saturated rings. The number of ether oxygens (including phenoxy) is 1. The minimum atomic E-state index is -1.02. The van der Waals surface area contributed by atoms with Gasteiger partial charge in [0, 0.05) is 6.92 Å². The summed E-state index contributed by atoms with van der Waals surface area (Å²) >= 11 is 0. The van der Waals surface area contributed by atoms with E-state index in [1.54, 1.807) is 0 Å². The normalized spacial score (nSPS) is 25.9. The highest BCUT2D eigenvalue weighted by Gasteiger charge is 2.38. The third-order valence-electron chi connectivity index (χ3n) is 2.25. The van der Waals surface area contributed by atoms with Crippen molar-refractivity contribution in [2.75, 3.05) is 13.2 Å². The quantitative estimate of drug-likeness (QED) is 0.653. The van der Waals surface area contributed by atoms with Gasteiger partial charge in [-0.2, -0.15) is 0 Å². The molecule has 0 spiro atoms. The predicted molar refractivity (Wildman–Crippen MR) is 48.8 cm³/mol. The lowest BCUT2D eigenvalue weighted by Crippen LogP contribution is -2.58. The molecule has 1 heterocycles. The summed E-state index contributed by atoms with van der Waals surface area (Å²) in [5, 5.41) is 8.85. The minimum Gasteiger partial charge on any atom is -0.480 e. The number of carbonyl (C=O) groups excluding carboxylic acids is 1. The minimum absolute atomic E-state index is 0.0575. The summed E-state index contributed by atoms with van der Waals surface area (Å²) < 4.78 is 5.34. The van der Waals surface area contributed by atoms with Gasteiger partial charge < -0.3 is 14.7 Å². The van der Waals surface area contributed by atoms with Gasteiger partial charge in [0.25, 0.3) is 0 Å². The molecular weight excluding hydrogens is 186 g/mol. The van der Waals surface area contributed by atoms with Crippen LogP contribution in [0.3, 0.4) is 0 Å². The number of carboxylic acids is 1. The number of nitrogens with zero attached hydrogens (tertiary/aromatic N) is 1. The first-order valence-electron chi connectivity index (χ1n) is 4.47. The molecule has 14 heavy (non-hydrogen) atoms. The van der Waals surface area contributed by atoms with Gasteiger partial charge in [0.15, 0.2) is 6.04 Å². The molecule has 0 aliphatic carbocycles. The highest BCUT2D eigenvalue weighted by molar-refractivity contribution is 5.82. The molecule has 5 heteroatoms. The van der Waals surface area contributed by atoms with Crippen LogP contribution in [0.5, 0.6) is 0 Å². The van der Waals surface area contributed by atoms with Crippen molar-refractivity contribution in [1.29, 1.82) is 0 Å². The van der Waals surface area contributed by atoms with Crippen molar-refractivity contribution in [3.63, 3.8) is 0 Å². The van der Waals surface area contributed by atoms with E-state index >= 15 is 0 Å². The molecule has 80 valence electrons. The number of rotatable bonds is 1. The van der Waals surface area contributed by atoms with Crippen LogP contribution in [-0.4, -0.2) is 46.7 Å². The Balaban J connectivity index is 2.81. The molecule has 0 aromatic carbocycles. The van der Waals surface area contributed by atoms with Crippen LogP contribution in [0.25, 0.3) is 0 Å². The molecule has 0 radical (unpaired) electrons. The zero-order valence-corrected chi connectivity index (χ0v) is 8.61. The Morgan fingerprint density at radius 1 is 1.50 bits per heavy atom. The van der Waals surface area contributed by atoms with Crippen molar-refractivity contribution in [2.45, 2.75) is 32.4 Å². The molecule has 1 amide bonds. The van der Waals surface area contributed by atoms with Crippen molar-refractivity contribution >= 4 is 11.9 Å². The monoisotopic (exact) mass is 201 g/mol. The lowest BCUT2D eigenvalue weighted by molar-refractivity contribution is -0.170. The fraction of sp³-hybridized carbons (Fsp3) is 0.778. The summed E-state index contributed by atoms with van der Waals surface area (Å²) in [7, 11) is 0. The Morgan fingerprint density at radius 3 is 2.50 bits per heavy atom. The SMILES string of the molecule is CC(=O)N1CC(C)(C)OCC1C(=O)O. The number of morpholine rings is 1. The zero-order valence-electron chi connectivity index (χ0n) is 8.61. The maximum absolute atomic E-state index is 11.2. The maximum Gasteiger partial charge on any atom is 0.328 e. The summed E-state index contributed by atoms with van der Waals surface area (Å²) in [5.41, 5.74) is -0.461. The van der Waals surface area contributed by atoms with Crippen LogP contribution >= 0.6 is 0 Å². The van der Waals surface area contributed by atoms with Gasteiger partial charge in [-0.1, -0.05) is 0 Å². The van der Waals surface area contributed by atoms with E-state index in [1.807, 2.05) is 13.8 Å². The highest BCUT2D eigenvalue weighted by atomic mass is 16.5. The van der Waals surface area contributed by atoms with E-state index in [0.29, 0.717) is 6.54 Å². The van der Waals surface area contributed by atoms with Crippen molar-refractivity contribution in [3.05, 3.63) is 0 Å². The fourth-order valence-electron chi connectivity index (χ4n) is 1.50. The van der Waals surface area contributed by atoms with Gasteiger partial charge in [-0.15, -0.1) is 0 Å². The number of hydrogen-bond acceptors (Lipinski definition) is 3. The van der Waals surface area contributed by atoms with Crippen LogP contribution < -0.4 is 0 Å². The van der Waals surface area contributed by atoms with E-state index in [-0.39, 0.29) is 12.5 Å². The molecule has 1 atom stereocenters. The first-order chi connectivity index (χ1) is 6.33. The van der Waals surface area contributed by atoms with E-state index < -0.39 is 17.6 Å². The third kappa shape index (κ3) is 2.23. The fourth-order valence-corrected chi connectivity index (χ4v) is 1.50. The van der Waals surface area contributed by atoms with Crippen LogP contribution in [0.4, 0.5) is 0 Å². The Kier molecular flexibility index (Phi) is 2.80. The summed E-state index contributed by atoms with van der Waals surface area (Å²) in [6.07, 6.45) is 0. The molecule has 0 saturated carbocycles. The van der Waals surface area contributed by atoms with Crippen LogP contribution in [0.15, 0.2) is 0 Å².